The number of nitrogens with zero attached hydrogens (tertiary/aromatic N) is 4. The quantitative estimate of drug-likeness (QED) is 0.821. The zero-order valence-electron chi connectivity index (χ0n) is 16.4. The second-order valence-electron chi connectivity index (χ2n) is 8.01. The SMILES string of the molecule is Cc1c(C(=O)NC2CCN(C3CCCCCC3)C2)nnn1-c1ccc(F)cc1. The molecule has 2 fully saturated rings. The van der Waals surface area contributed by atoms with Crippen LogP contribution in [0.15, 0.2) is 24.3 Å². The number of hydrogen-bond acceptors (Lipinski definition) is 4. The van der Waals surface area contributed by atoms with Gasteiger partial charge in [0, 0.05) is 25.2 Å². The number of hydrogen-bond donors (Lipinski definition) is 1. The van der Waals surface area contributed by atoms with Crippen molar-refractivity contribution >= 4 is 5.91 Å². The number of carbonyl (C=O) groups excluding carboxylic acids is 1. The molecule has 4 rings (SSSR count). The summed E-state index contributed by atoms with van der Waals surface area (Å²) in [6.07, 6.45) is 8.90. The highest BCUT2D eigenvalue weighted by Crippen LogP contribution is 2.25. The first-order valence-corrected chi connectivity index (χ1v) is 10.3. The fourth-order valence-electron chi connectivity index (χ4n) is 4.48. The number of carbonyl (C=O) groups is 1. The standard InChI is InChI=1S/C21H28FN5O/c1-15-20(24-25-27(15)19-10-8-16(22)9-11-19)21(28)23-17-12-13-26(14-17)18-6-4-2-3-5-7-18/h8-11,17-18H,2-7,12-14H2,1H3,(H,23,28). The third-order valence-electron chi connectivity index (χ3n) is 6.08. The molecule has 1 amide bonds. The maximum Gasteiger partial charge on any atom is 0.274 e. The molecule has 1 aromatic carbocycles. The monoisotopic (exact) mass is 385 g/mol. The summed E-state index contributed by atoms with van der Waals surface area (Å²) in [5.74, 6) is -0.488. The molecular formula is C21H28FN5O. The molecule has 1 saturated heterocycles. The van der Waals surface area contributed by atoms with Crippen LogP contribution >= 0.6 is 0 Å². The van der Waals surface area contributed by atoms with Gasteiger partial charge in [0.15, 0.2) is 5.69 Å². The lowest BCUT2D eigenvalue weighted by molar-refractivity contribution is 0.0930. The van der Waals surface area contributed by atoms with Crippen LogP contribution in [0.1, 0.15) is 61.1 Å². The van der Waals surface area contributed by atoms with E-state index < -0.39 is 0 Å². The number of nitrogens with one attached hydrogen (secondary N) is 1. The number of aromatic nitrogens is 3. The summed E-state index contributed by atoms with van der Waals surface area (Å²) in [5.41, 5.74) is 1.67. The van der Waals surface area contributed by atoms with Crippen molar-refractivity contribution in [1.29, 1.82) is 0 Å². The Morgan fingerprint density at radius 3 is 2.54 bits per heavy atom. The molecule has 2 heterocycles. The summed E-state index contributed by atoms with van der Waals surface area (Å²) in [4.78, 5) is 15.3. The van der Waals surface area contributed by atoms with Crippen LogP contribution in [0, 0.1) is 12.7 Å². The highest BCUT2D eigenvalue weighted by Gasteiger charge is 2.30. The fourth-order valence-corrected chi connectivity index (χ4v) is 4.48. The molecule has 1 N–H and O–H groups in total. The van der Waals surface area contributed by atoms with Crippen molar-refractivity contribution in [2.45, 2.75) is 64.0 Å². The minimum atomic E-state index is -0.307. The van der Waals surface area contributed by atoms with Gasteiger partial charge in [0.2, 0.25) is 0 Å². The molecule has 28 heavy (non-hydrogen) atoms. The summed E-state index contributed by atoms with van der Waals surface area (Å²) >= 11 is 0. The third-order valence-corrected chi connectivity index (χ3v) is 6.08. The van der Waals surface area contributed by atoms with E-state index in [4.69, 9.17) is 0 Å². The number of halogens is 1. The summed E-state index contributed by atoms with van der Waals surface area (Å²) in [6.45, 7) is 3.78. The Morgan fingerprint density at radius 2 is 1.82 bits per heavy atom. The highest BCUT2D eigenvalue weighted by molar-refractivity contribution is 5.93. The van der Waals surface area contributed by atoms with Crippen molar-refractivity contribution in [3.05, 3.63) is 41.5 Å². The van der Waals surface area contributed by atoms with Crippen LogP contribution in [0.2, 0.25) is 0 Å². The number of amides is 1. The lowest BCUT2D eigenvalue weighted by Gasteiger charge is -2.26. The second-order valence-corrected chi connectivity index (χ2v) is 8.01. The topological polar surface area (TPSA) is 63.1 Å². The van der Waals surface area contributed by atoms with Crippen LogP contribution in [0.25, 0.3) is 5.69 Å². The number of likely N-dealkylation sites (tertiary alicyclic amines) is 1. The Kier molecular flexibility index (Phi) is 5.71. The van der Waals surface area contributed by atoms with E-state index in [0.717, 1.165) is 19.5 Å². The third kappa shape index (κ3) is 4.09. The lowest BCUT2D eigenvalue weighted by atomic mass is 10.1. The van der Waals surface area contributed by atoms with Gasteiger partial charge in [0.1, 0.15) is 5.82 Å². The molecule has 0 spiro atoms. The van der Waals surface area contributed by atoms with Gasteiger partial charge in [0.05, 0.1) is 11.4 Å². The van der Waals surface area contributed by atoms with E-state index in [1.165, 1.54) is 50.7 Å². The number of benzene rings is 1. The normalized spacial score (nSPS) is 21.6. The molecule has 1 aliphatic carbocycles. The van der Waals surface area contributed by atoms with Crippen LogP contribution in [0.3, 0.4) is 0 Å². The number of rotatable bonds is 4. The molecule has 1 atom stereocenters. The van der Waals surface area contributed by atoms with Crippen LogP contribution in [0.5, 0.6) is 0 Å². The molecule has 0 radical (unpaired) electrons. The smallest absolute Gasteiger partial charge is 0.274 e. The van der Waals surface area contributed by atoms with Gasteiger partial charge in [0.25, 0.3) is 5.91 Å². The van der Waals surface area contributed by atoms with Gasteiger partial charge in [-0.2, -0.15) is 0 Å². The Hall–Kier alpha value is -2.28. The van der Waals surface area contributed by atoms with Crippen molar-refractivity contribution in [3.63, 3.8) is 0 Å². The van der Waals surface area contributed by atoms with Crippen molar-refractivity contribution in [2.24, 2.45) is 0 Å². The minimum Gasteiger partial charge on any atom is -0.347 e. The van der Waals surface area contributed by atoms with E-state index >= 15 is 0 Å². The van der Waals surface area contributed by atoms with Crippen LogP contribution in [-0.2, 0) is 0 Å². The Morgan fingerprint density at radius 1 is 1.11 bits per heavy atom. The van der Waals surface area contributed by atoms with Gasteiger partial charge in [-0.15, -0.1) is 5.10 Å². The van der Waals surface area contributed by atoms with Gasteiger partial charge >= 0.3 is 0 Å². The lowest BCUT2D eigenvalue weighted by Crippen LogP contribution is -2.40. The Labute approximate surface area is 165 Å². The van der Waals surface area contributed by atoms with Crippen molar-refractivity contribution in [2.75, 3.05) is 13.1 Å². The molecule has 2 aromatic rings. The molecule has 1 aromatic heterocycles. The molecular weight excluding hydrogens is 357 g/mol. The van der Waals surface area contributed by atoms with Crippen molar-refractivity contribution in [3.8, 4) is 5.69 Å². The largest absolute Gasteiger partial charge is 0.347 e. The Bertz CT molecular complexity index is 811. The van der Waals surface area contributed by atoms with E-state index in [1.807, 2.05) is 6.92 Å². The molecule has 0 bridgehead atoms. The first kappa shape index (κ1) is 19.1. The van der Waals surface area contributed by atoms with Crippen LogP contribution in [0.4, 0.5) is 4.39 Å². The molecule has 2 aliphatic rings. The summed E-state index contributed by atoms with van der Waals surface area (Å²) in [6, 6.07) is 6.82. The van der Waals surface area contributed by atoms with Crippen LogP contribution in [-0.4, -0.2) is 51.0 Å². The maximum atomic E-state index is 13.1. The van der Waals surface area contributed by atoms with E-state index in [1.54, 1.807) is 16.8 Å². The molecule has 7 heteroatoms. The van der Waals surface area contributed by atoms with Gasteiger partial charge in [-0.3, -0.25) is 9.69 Å². The zero-order valence-corrected chi connectivity index (χ0v) is 16.4. The average Bonchev–Trinajstić information content (AvgIpc) is 3.20. The molecule has 6 nitrogen and oxygen atoms in total. The fraction of sp³-hybridized carbons (Fsp3) is 0.571. The molecule has 1 aliphatic heterocycles. The molecule has 150 valence electrons. The predicted octanol–water partition coefficient (Wildman–Crippen LogP) is 3.24. The first-order chi connectivity index (χ1) is 13.6. The highest BCUT2D eigenvalue weighted by atomic mass is 19.1. The van der Waals surface area contributed by atoms with E-state index in [9.17, 15) is 9.18 Å². The van der Waals surface area contributed by atoms with Gasteiger partial charge in [-0.05, 0) is 50.5 Å². The zero-order chi connectivity index (χ0) is 19.5. The first-order valence-electron chi connectivity index (χ1n) is 10.3. The van der Waals surface area contributed by atoms with E-state index in [0.29, 0.717) is 23.1 Å². The predicted molar refractivity (Wildman–Crippen MR) is 105 cm³/mol. The summed E-state index contributed by atoms with van der Waals surface area (Å²) in [7, 11) is 0. The average molecular weight is 385 g/mol. The van der Waals surface area contributed by atoms with E-state index in [-0.39, 0.29) is 17.8 Å². The van der Waals surface area contributed by atoms with E-state index in [2.05, 4.69) is 20.5 Å². The van der Waals surface area contributed by atoms with Crippen molar-refractivity contribution in [1.82, 2.24) is 25.2 Å². The molecule has 1 unspecified atom stereocenters. The maximum absolute atomic E-state index is 13.1. The molecule has 1 saturated carbocycles. The van der Waals surface area contributed by atoms with Crippen molar-refractivity contribution < 1.29 is 9.18 Å². The van der Waals surface area contributed by atoms with Gasteiger partial charge in [-0.25, -0.2) is 9.07 Å². The second kappa shape index (κ2) is 8.39. The minimum absolute atomic E-state index is 0.158. The Balaban J connectivity index is 1.38. The van der Waals surface area contributed by atoms with Gasteiger partial charge in [-0.1, -0.05) is 30.9 Å². The summed E-state index contributed by atoms with van der Waals surface area (Å²) in [5, 5.41) is 11.3. The van der Waals surface area contributed by atoms with Gasteiger partial charge < -0.3 is 5.32 Å². The summed E-state index contributed by atoms with van der Waals surface area (Å²) < 4.78 is 14.7. The van der Waals surface area contributed by atoms with Crippen LogP contribution < -0.4 is 5.32 Å².